The third-order valence-corrected chi connectivity index (χ3v) is 7.63. The molecule has 3 aliphatic rings. The number of ketones is 1. The Morgan fingerprint density at radius 3 is 2.69 bits per heavy atom. The number of hydrogen-bond acceptors (Lipinski definition) is 7. The van der Waals surface area contributed by atoms with Crippen LogP contribution in [0.4, 0.5) is 0 Å². The first-order valence-corrected chi connectivity index (χ1v) is 14.1. The molecule has 0 unspecified atom stereocenters. The summed E-state index contributed by atoms with van der Waals surface area (Å²) in [5.74, 6) is 0.0681. The highest BCUT2D eigenvalue weighted by molar-refractivity contribution is 6.46. The Balaban J connectivity index is 1.48. The molecule has 1 amide bonds. The van der Waals surface area contributed by atoms with Crippen molar-refractivity contribution in [2.45, 2.75) is 51.7 Å². The van der Waals surface area contributed by atoms with Gasteiger partial charge < -0.3 is 24.2 Å². The molecule has 5 rings (SSSR count). The fraction of sp³-hybridized carbons (Fsp3) is 0.484. The van der Waals surface area contributed by atoms with Crippen LogP contribution in [0.3, 0.4) is 0 Å². The Kier molecular flexibility index (Phi) is 8.53. The van der Waals surface area contributed by atoms with Crippen molar-refractivity contribution in [1.82, 2.24) is 9.80 Å². The first-order valence-electron chi connectivity index (χ1n) is 14.1. The summed E-state index contributed by atoms with van der Waals surface area (Å²) in [7, 11) is 0. The lowest BCUT2D eigenvalue weighted by Gasteiger charge is -2.29. The fourth-order valence-corrected chi connectivity index (χ4v) is 5.58. The van der Waals surface area contributed by atoms with Gasteiger partial charge in [-0.1, -0.05) is 25.5 Å². The van der Waals surface area contributed by atoms with Gasteiger partial charge in [0, 0.05) is 38.2 Å². The second-order valence-electron chi connectivity index (χ2n) is 10.5. The van der Waals surface area contributed by atoms with E-state index >= 15 is 0 Å². The lowest BCUT2D eigenvalue weighted by atomic mass is 9.94. The number of benzene rings is 2. The maximum absolute atomic E-state index is 13.5. The van der Waals surface area contributed by atoms with Gasteiger partial charge in [-0.2, -0.15) is 0 Å². The molecule has 8 heteroatoms. The van der Waals surface area contributed by atoms with Crippen molar-refractivity contribution in [1.29, 1.82) is 0 Å². The smallest absolute Gasteiger partial charge is 0.295 e. The number of carbonyl (C=O) groups is 2. The Hall–Kier alpha value is -3.36. The van der Waals surface area contributed by atoms with E-state index in [0.717, 1.165) is 55.8 Å². The number of hydrogen-bond donors (Lipinski definition) is 1. The first kappa shape index (κ1) is 27.2. The van der Waals surface area contributed by atoms with Gasteiger partial charge in [0.25, 0.3) is 11.7 Å². The number of ether oxygens (including phenoxy) is 3. The zero-order chi connectivity index (χ0) is 27.4. The molecule has 0 radical (unpaired) electrons. The predicted octanol–water partition coefficient (Wildman–Crippen LogP) is 4.33. The van der Waals surface area contributed by atoms with Gasteiger partial charge in [-0.15, -0.1) is 0 Å². The van der Waals surface area contributed by atoms with Crippen LogP contribution < -0.4 is 9.47 Å². The molecule has 8 nitrogen and oxygen atoms in total. The SMILES string of the molecule is CCCCOc1cccc([C@H]2/C(=C(\O)c3ccc4c(c3)C[C@@H](C)O4)C(=O)C(=O)N2CCCN2CCOCC2)c1. The molecular weight excluding hydrogens is 496 g/mol. The average Bonchev–Trinajstić information content (AvgIpc) is 3.44. The predicted molar refractivity (Wildman–Crippen MR) is 148 cm³/mol. The Labute approximate surface area is 230 Å². The molecule has 0 aromatic heterocycles. The average molecular weight is 535 g/mol. The number of likely N-dealkylation sites (tertiary alicyclic amines) is 1. The van der Waals surface area contributed by atoms with E-state index < -0.39 is 17.7 Å². The minimum absolute atomic E-state index is 0.0601. The van der Waals surface area contributed by atoms with Crippen molar-refractivity contribution in [3.05, 3.63) is 64.7 Å². The number of rotatable bonds is 10. The fourth-order valence-electron chi connectivity index (χ4n) is 5.58. The van der Waals surface area contributed by atoms with Crippen LogP contribution in [0.15, 0.2) is 48.0 Å². The normalized spacial score (nSPS) is 22.7. The molecule has 2 atom stereocenters. The highest BCUT2D eigenvalue weighted by Gasteiger charge is 2.46. The number of unbranched alkanes of at least 4 members (excludes halogenated alkanes) is 1. The summed E-state index contributed by atoms with van der Waals surface area (Å²) in [5.41, 5.74) is 2.35. The van der Waals surface area contributed by atoms with Gasteiger partial charge in [-0.05, 0) is 61.2 Å². The standard InChI is InChI=1S/C31H38N2O6/c1-3-4-15-38-25-8-5-7-22(20-25)28-27(29(34)23-9-10-26-24(19-23)18-21(2)39-26)30(35)31(36)33(28)12-6-11-32-13-16-37-17-14-32/h5,7-10,19-21,28,34H,3-4,6,11-18H2,1-2H3/b29-27+/t21-,28+/m1/s1. The Bertz CT molecular complexity index is 1240. The van der Waals surface area contributed by atoms with Crippen LogP contribution in [0, 0.1) is 0 Å². The molecule has 0 bridgehead atoms. The number of nitrogens with zero attached hydrogens (tertiary/aromatic N) is 2. The van der Waals surface area contributed by atoms with E-state index in [-0.39, 0.29) is 17.4 Å². The number of amides is 1. The molecule has 0 spiro atoms. The monoisotopic (exact) mass is 534 g/mol. The Morgan fingerprint density at radius 2 is 1.90 bits per heavy atom. The third-order valence-electron chi connectivity index (χ3n) is 7.63. The van der Waals surface area contributed by atoms with Crippen molar-refractivity contribution in [3.63, 3.8) is 0 Å². The van der Waals surface area contributed by atoms with Crippen molar-refractivity contribution in [3.8, 4) is 11.5 Å². The van der Waals surface area contributed by atoms with Crippen LogP contribution in [0.2, 0.25) is 0 Å². The lowest BCUT2D eigenvalue weighted by molar-refractivity contribution is -0.140. The second kappa shape index (κ2) is 12.2. The van der Waals surface area contributed by atoms with Gasteiger partial charge in [-0.25, -0.2) is 0 Å². The summed E-state index contributed by atoms with van der Waals surface area (Å²) in [6.07, 6.45) is 3.46. The van der Waals surface area contributed by atoms with Gasteiger partial charge in [0.05, 0.1) is 31.4 Å². The second-order valence-corrected chi connectivity index (χ2v) is 10.5. The van der Waals surface area contributed by atoms with Crippen LogP contribution in [-0.2, 0) is 20.7 Å². The van der Waals surface area contributed by atoms with E-state index in [1.165, 1.54) is 0 Å². The highest BCUT2D eigenvalue weighted by atomic mass is 16.5. The van der Waals surface area contributed by atoms with Crippen molar-refractivity contribution < 1.29 is 28.9 Å². The number of morpholine rings is 1. The number of fused-ring (bicyclic) bond motifs is 1. The number of carbonyl (C=O) groups excluding carboxylic acids is 2. The van der Waals surface area contributed by atoms with Crippen molar-refractivity contribution >= 4 is 17.4 Å². The molecule has 39 heavy (non-hydrogen) atoms. The van der Waals surface area contributed by atoms with Gasteiger partial charge in [-0.3, -0.25) is 14.5 Å². The molecule has 2 aromatic carbocycles. The minimum atomic E-state index is -0.701. The summed E-state index contributed by atoms with van der Waals surface area (Å²) in [6.45, 7) is 9.05. The molecule has 0 aliphatic carbocycles. The van der Waals surface area contributed by atoms with E-state index in [1.54, 1.807) is 11.0 Å². The van der Waals surface area contributed by atoms with Gasteiger partial charge in [0.1, 0.15) is 23.4 Å². The summed E-state index contributed by atoms with van der Waals surface area (Å²) >= 11 is 0. The van der Waals surface area contributed by atoms with E-state index in [9.17, 15) is 14.7 Å². The number of Topliss-reactive ketones (excluding diaryl/α,β-unsaturated/α-hetero) is 1. The molecule has 3 aliphatic heterocycles. The summed E-state index contributed by atoms with van der Waals surface area (Å²) in [6, 6.07) is 12.3. The van der Waals surface area contributed by atoms with Crippen LogP contribution in [0.25, 0.3) is 5.76 Å². The van der Waals surface area contributed by atoms with Gasteiger partial charge in [0.2, 0.25) is 0 Å². The van der Waals surface area contributed by atoms with Crippen LogP contribution in [-0.4, -0.2) is 78.7 Å². The van der Waals surface area contributed by atoms with Crippen LogP contribution in [0.1, 0.15) is 55.8 Å². The summed E-state index contributed by atoms with van der Waals surface area (Å²) in [5, 5.41) is 11.5. The maximum atomic E-state index is 13.5. The maximum Gasteiger partial charge on any atom is 0.295 e. The third kappa shape index (κ3) is 5.97. The molecule has 1 N–H and O–H groups in total. The quantitative estimate of drug-likeness (QED) is 0.210. The lowest BCUT2D eigenvalue weighted by Crippen LogP contribution is -2.38. The van der Waals surface area contributed by atoms with Crippen LogP contribution in [0.5, 0.6) is 11.5 Å². The van der Waals surface area contributed by atoms with Crippen molar-refractivity contribution in [2.24, 2.45) is 0 Å². The highest BCUT2D eigenvalue weighted by Crippen LogP contribution is 2.41. The van der Waals surface area contributed by atoms with Gasteiger partial charge in [0.15, 0.2) is 0 Å². The summed E-state index contributed by atoms with van der Waals surface area (Å²) < 4.78 is 17.2. The number of aliphatic hydroxyl groups excluding tert-OH is 1. The topological polar surface area (TPSA) is 88.5 Å². The molecule has 2 fully saturated rings. The zero-order valence-corrected chi connectivity index (χ0v) is 22.9. The largest absolute Gasteiger partial charge is 0.507 e. The van der Waals surface area contributed by atoms with E-state index in [0.29, 0.717) is 44.1 Å². The van der Waals surface area contributed by atoms with Crippen LogP contribution >= 0.6 is 0 Å². The van der Waals surface area contributed by atoms with E-state index in [1.807, 2.05) is 43.3 Å². The van der Waals surface area contributed by atoms with Crippen molar-refractivity contribution in [2.75, 3.05) is 46.0 Å². The van der Waals surface area contributed by atoms with E-state index in [2.05, 4.69) is 11.8 Å². The molecular formula is C31H38N2O6. The molecule has 2 aromatic rings. The van der Waals surface area contributed by atoms with E-state index in [4.69, 9.17) is 14.2 Å². The minimum Gasteiger partial charge on any atom is -0.507 e. The Morgan fingerprint density at radius 1 is 1.08 bits per heavy atom. The van der Waals surface area contributed by atoms with Gasteiger partial charge >= 0.3 is 0 Å². The zero-order valence-electron chi connectivity index (χ0n) is 22.9. The first-order chi connectivity index (χ1) is 19.0. The molecule has 0 saturated carbocycles. The number of aliphatic hydroxyl groups is 1. The molecule has 208 valence electrons. The molecule has 2 saturated heterocycles. The summed E-state index contributed by atoms with van der Waals surface area (Å²) in [4.78, 5) is 30.8. The molecule has 3 heterocycles.